The molecule has 1 saturated heterocycles. The van der Waals surface area contributed by atoms with Crippen LogP contribution in [-0.2, 0) is 13.0 Å². The number of anilines is 4. The van der Waals surface area contributed by atoms with Gasteiger partial charge in [-0.2, -0.15) is 10.1 Å². The summed E-state index contributed by atoms with van der Waals surface area (Å²) >= 11 is 12.6. The van der Waals surface area contributed by atoms with Gasteiger partial charge in [-0.3, -0.25) is 4.68 Å². The Morgan fingerprint density at radius 2 is 1.84 bits per heavy atom. The molecule has 6 rings (SSSR count). The molecule has 0 saturated carbocycles. The summed E-state index contributed by atoms with van der Waals surface area (Å²) in [4.78, 5) is 9.44. The second kappa shape index (κ2) is 10.7. The maximum Gasteiger partial charge on any atom is 0.229 e. The van der Waals surface area contributed by atoms with E-state index in [1.54, 1.807) is 6.07 Å². The fourth-order valence-electron chi connectivity index (χ4n) is 4.91. The molecule has 0 atom stereocenters. The highest BCUT2D eigenvalue weighted by Crippen LogP contribution is 2.34. The van der Waals surface area contributed by atoms with Crippen molar-refractivity contribution in [1.82, 2.24) is 30.4 Å². The number of nitrogens with zero attached hydrogens (tertiary/aromatic N) is 4. The maximum absolute atomic E-state index is 6.40. The van der Waals surface area contributed by atoms with Crippen LogP contribution in [0.3, 0.4) is 0 Å². The molecule has 2 aromatic heterocycles. The van der Waals surface area contributed by atoms with Gasteiger partial charge < -0.3 is 21.3 Å². The van der Waals surface area contributed by atoms with Crippen molar-refractivity contribution in [3.63, 3.8) is 0 Å². The fraction of sp³-hybridized carbons (Fsp3) is 0.296. The molecular formula is C27H28Cl2N8. The smallest absolute Gasteiger partial charge is 0.229 e. The van der Waals surface area contributed by atoms with Crippen LogP contribution in [0.1, 0.15) is 30.0 Å². The third-order valence-electron chi connectivity index (χ3n) is 6.94. The van der Waals surface area contributed by atoms with E-state index in [4.69, 9.17) is 28.2 Å². The molecule has 0 aliphatic carbocycles. The van der Waals surface area contributed by atoms with Crippen molar-refractivity contribution in [1.29, 1.82) is 0 Å². The maximum atomic E-state index is 6.40. The predicted octanol–water partition coefficient (Wildman–Crippen LogP) is 5.70. The molecule has 0 unspecified atom stereocenters. The van der Waals surface area contributed by atoms with Crippen LogP contribution in [0, 0.1) is 0 Å². The molecule has 37 heavy (non-hydrogen) atoms. The highest BCUT2D eigenvalue weighted by molar-refractivity contribution is 6.43. The predicted molar refractivity (Wildman–Crippen MR) is 149 cm³/mol. The first-order chi connectivity index (χ1) is 18.1. The molecule has 4 heterocycles. The van der Waals surface area contributed by atoms with Gasteiger partial charge in [-0.25, -0.2) is 4.98 Å². The van der Waals surface area contributed by atoms with Gasteiger partial charge in [-0.05, 0) is 74.3 Å². The Hall–Kier alpha value is -3.17. The van der Waals surface area contributed by atoms with E-state index in [1.807, 2.05) is 24.5 Å². The van der Waals surface area contributed by atoms with E-state index in [-0.39, 0.29) is 0 Å². The fourth-order valence-corrected chi connectivity index (χ4v) is 5.26. The van der Waals surface area contributed by atoms with Crippen molar-refractivity contribution in [2.24, 2.45) is 0 Å². The second-order valence-corrected chi connectivity index (χ2v) is 10.2. The Kier molecular flexibility index (Phi) is 6.97. The average molecular weight is 535 g/mol. The van der Waals surface area contributed by atoms with Crippen molar-refractivity contribution >= 4 is 46.3 Å². The van der Waals surface area contributed by atoms with E-state index in [9.17, 15) is 0 Å². The zero-order chi connectivity index (χ0) is 25.2. The summed E-state index contributed by atoms with van der Waals surface area (Å²) in [7, 11) is 0. The van der Waals surface area contributed by atoms with Crippen LogP contribution in [0.2, 0.25) is 10.0 Å². The molecule has 2 aliphatic rings. The van der Waals surface area contributed by atoms with Gasteiger partial charge in [0.1, 0.15) is 5.82 Å². The highest BCUT2D eigenvalue weighted by atomic mass is 35.5. The monoisotopic (exact) mass is 534 g/mol. The lowest BCUT2D eigenvalue weighted by molar-refractivity contribution is 0.343. The average Bonchev–Trinajstić information content (AvgIpc) is 3.42. The number of piperidine rings is 1. The quantitative estimate of drug-likeness (QED) is 0.252. The summed E-state index contributed by atoms with van der Waals surface area (Å²) < 4.78 is 2.07. The number of benzene rings is 2. The minimum absolute atomic E-state index is 0.395. The van der Waals surface area contributed by atoms with Crippen molar-refractivity contribution in [2.45, 2.75) is 31.8 Å². The van der Waals surface area contributed by atoms with Crippen molar-refractivity contribution in [2.75, 3.05) is 30.3 Å². The number of hydrogen-bond donors (Lipinski definition) is 4. The molecule has 0 radical (unpaired) electrons. The molecule has 190 valence electrons. The molecule has 4 N–H and O–H groups in total. The van der Waals surface area contributed by atoms with Crippen LogP contribution in [0.25, 0.3) is 11.1 Å². The van der Waals surface area contributed by atoms with Crippen LogP contribution in [0.5, 0.6) is 0 Å². The first kappa shape index (κ1) is 24.2. The molecule has 2 aliphatic heterocycles. The number of hydrogen-bond acceptors (Lipinski definition) is 7. The number of rotatable bonds is 6. The van der Waals surface area contributed by atoms with Crippen LogP contribution >= 0.6 is 23.2 Å². The van der Waals surface area contributed by atoms with Gasteiger partial charge in [0.15, 0.2) is 0 Å². The molecule has 2 aromatic carbocycles. The molecule has 0 amide bonds. The van der Waals surface area contributed by atoms with Crippen LogP contribution in [-0.4, -0.2) is 39.4 Å². The highest BCUT2D eigenvalue weighted by Gasteiger charge is 2.19. The van der Waals surface area contributed by atoms with E-state index in [1.165, 1.54) is 11.1 Å². The molecular weight excluding hydrogens is 507 g/mol. The van der Waals surface area contributed by atoms with Gasteiger partial charge in [0.2, 0.25) is 5.95 Å². The van der Waals surface area contributed by atoms with E-state index >= 15 is 0 Å². The molecule has 0 spiro atoms. The number of halogens is 2. The lowest BCUT2D eigenvalue weighted by atomic mass is 10.0. The first-order valence-electron chi connectivity index (χ1n) is 12.6. The Bertz CT molecular complexity index is 1410. The summed E-state index contributed by atoms with van der Waals surface area (Å²) in [5.41, 5.74) is 6.14. The summed E-state index contributed by atoms with van der Waals surface area (Å²) in [5, 5.41) is 19.2. The lowest BCUT2D eigenvalue weighted by Crippen LogP contribution is -2.29. The Morgan fingerprint density at radius 3 is 2.73 bits per heavy atom. The van der Waals surface area contributed by atoms with Crippen LogP contribution in [0.15, 0.2) is 55.0 Å². The zero-order valence-corrected chi connectivity index (χ0v) is 21.8. The lowest BCUT2D eigenvalue weighted by Gasteiger charge is -2.22. The summed E-state index contributed by atoms with van der Waals surface area (Å²) in [6.45, 7) is 3.90. The summed E-state index contributed by atoms with van der Waals surface area (Å²) in [5.74, 6) is 1.10. The Morgan fingerprint density at radius 1 is 0.946 bits per heavy atom. The molecule has 8 nitrogen and oxygen atoms in total. The SMILES string of the molecule is Clc1cccc(Nc2ncc(-c3cnn(C4CCNCC4)c3)c(Nc3ccc4c(c3)CNCC4)n2)c1Cl. The molecule has 1 fully saturated rings. The minimum atomic E-state index is 0.395. The van der Waals surface area contributed by atoms with Gasteiger partial charge >= 0.3 is 0 Å². The third kappa shape index (κ3) is 5.29. The number of fused-ring (bicyclic) bond motifs is 1. The van der Waals surface area contributed by atoms with Crippen LogP contribution in [0.4, 0.5) is 23.1 Å². The zero-order valence-electron chi connectivity index (χ0n) is 20.3. The van der Waals surface area contributed by atoms with Gasteiger partial charge in [-0.15, -0.1) is 0 Å². The van der Waals surface area contributed by atoms with Gasteiger partial charge in [0, 0.05) is 35.8 Å². The molecule has 0 bridgehead atoms. The number of aromatic nitrogens is 4. The van der Waals surface area contributed by atoms with E-state index in [2.05, 4.69) is 60.4 Å². The largest absolute Gasteiger partial charge is 0.340 e. The third-order valence-corrected chi connectivity index (χ3v) is 7.76. The number of nitrogens with one attached hydrogen (secondary N) is 4. The first-order valence-corrected chi connectivity index (χ1v) is 13.3. The second-order valence-electron chi connectivity index (χ2n) is 9.41. The summed E-state index contributed by atoms with van der Waals surface area (Å²) in [6, 6.07) is 12.3. The standard InChI is InChI=1S/C27H28Cl2N8/c28-23-2-1-3-24(25(23)29)35-27-32-15-22(19-14-33-37(16-19)21-7-10-30-11-8-21)26(36-27)34-20-5-4-17-6-9-31-13-18(17)12-20/h1-5,12,14-16,21,30-31H,6-11,13H2,(H2,32,34,35,36). The van der Waals surface area contributed by atoms with Crippen LogP contribution < -0.4 is 21.3 Å². The van der Waals surface area contributed by atoms with Crippen molar-refractivity contribution in [3.05, 3.63) is 76.2 Å². The van der Waals surface area contributed by atoms with Crippen molar-refractivity contribution < 1.29 is 0 Å². The van der Waals surface area contributed by atoms with Crippen molar-refractivity contribution in [3.8, 4) is 11.1 Å². The normalized spacial score (nSPS) is 15.8. The van der Waals surface area contributed by atoms with E-state index in [0.717, 1.165) is 62.3 Å². The van der Waals surface area contributed by atoms with E-state index in [0.29, 0.717) is 33.5 Å². The van der Waals surface area contributed by atoms with Gasteiger partial charge in [-0.1, -0.05) is 35.3 Å². The molecule has 10 heteroatoms. The summed E-state index contributed by atoms with van der Waals surface area (Å²) in [6.07, 6.45) is 8.98. The van der Waals surface area contributed by atoms with E-state index < -0.39 is 0 Å². The molecule has 4 aromatic rings. The van der Waals surface area contributed by atoms with Gasteiger partial charge in [0.25, 0.3) is 0 Å². The van der Waals surface area contributed by atoms with Gasteiger partial charge in [0.05, 0.1) is 28.0 Å². The Balaban J connectivity index is 1.35. The minimum Gasteiger partial charge on any atom is -0.340 e. The Labute approximate surface area is 225 Å². The topological polar surface area (TPSA) is 91.7 Å².